The van der Waals surface area contributed by atoms with Crippen LogP contribution < -0.4 is 15.2 Å². The van der Waals surface area contributed by atoms with Gasteiger partial charge in [-0.25, -0.2) is 0 Å². The molecule has 0 N–H and O–H groups in total. The van der Waals surface area contributed by atoms with E-state index in [0.29, 0.717) is 10.7 Å². The first-order valence-corrected chi connectivity index (χ1v) is 13.3. The number of carbonyl (C=O) groups is 2. The number of halogens is 4. The first-order chi connectivity index (χ1) is 18.0. The third-order valence-electron chi connectivity index (χ3n) is 6.56. The van der Waals surface area contributed by atoms with Crippen molar-refractivity contribution in [1.29, 1.82) is 0 Å². The molecule has 1 aromatic heterocycles. The molecule has 0 saturated carbocycles. The summed E-state index contributed by atoms with van der Waals surface area (Å²) in [6.07, 6.45) is -3.41. The van der Waals surface area contributed by atoms with Crippen molar-refractivity contribution in [3.63, 3.8) is 0 Å². The maximum Gasteiger partial charge on any atom is 0.408 e. The van der Waals surface area contributed by atoms with Gasteiger partial charge in [0.1, 0.15) is 12.7 Å². The van der Waals surface area contributed by atoms with E-state index in [1.165, 1.54) is 10.9 Å². The maximum absolute atomic E-state index is 14.0. The lowest BCUT2D eigenvalue weighted by Gasteiger charge is -2.46. The van der Waals surface area contributed by atoms with Crippen LogP contribution in [0.3, 0.4) is 0 Å². The number of aromatic nitrogens is 1. The van der Waals surface area contributed by atoms with Gasteiger partial charge in [-0.1, -0.05) is 46.3 Å². The summed E-state index contributed by atoms with van der Waals surface area (Å²) in [6.45, 7) is 1.51. The van der Waals surface area contributed by atoms with E-state index in [4.69, 9.17) is 4.74 Å². The quantitative estimate of drug-likeness (QED) is 0.380. The van der Waals surface area contributed by atoms with Crippen LogP contribution in [0.15, 0.2) is 68.9 Å². The molecule has 198 valence electrons. The Bertz CT molecular complexity index is 1510. The van der Waals surface area contributed by atoms with Gasteiger partial charge in [0.15, 0.2) is 5.69 Å². The highest BCUT2D eigenvalue weighted by Crippen LogP contribution is 2.44. The second kappa shape index (κ2) is 9.81. The summed E-state index contributed by atoms with van der Waals surface area (Å²) in [4.78, 5) is 39.6. The number of hydrogen-bond acceptors (Lipinski definition) is 6. The van der Waals surface area contributed by atoms with E-state index in [1.54, 1.807) is 16.8 Å². The molecule has 0 radical (unpaired) electrons. The summed E-state index contributed by atoms with van der Waals surface area (Å²) < 4.78 is 49.2. The van der Waals surface area contributed by atoms with E-state index < -0.39 is 53.7 Å². The van der Waals surface area contributed by atoms with Crippen molar-refractivity contribution in [1.82, 2.24) is 9.58 Å². The predicted octanol–water partition coefficient (Wildman–Crippen LogP) is 5.23. The molecule has 0 aliphatic carbocycles. The number of fused-ring (bicyclic) bond motifs is 3. The minimum atomic E-state index is -4.74. The van der Waals surface area contributed by atoms with E-state index in [0.717, 1.165) is 46.0 Å². The molecule has 2 aliphatic rings. The van der Waals surface area contributed by atoms with Gasteiger partial charge in [0, 0.05) is 34.3 Å². The van der Waals surface area contributed by atoms with Crippen LogP contribution in [-0.2, 0) is 10.5 Å². The maximum atomic E-state index is 14.0. The molecule has 2 aromatic carbocycles. The number of thioether (sulfide) groups is 1. The monoisotopic (exact) mass is 607 g/mol. The number of pyridine rings is 1. The smallest absolute Gasteiger partial charge is 0.408 e. The van der Waals surface area contributed by atoms with Gasteiger partial charge in [-0.3, -0.25) is 24.1 Å². The lowest BCUT2D eigenvalue weighted by atomic mass is 9.94. The van der Waals surface area contributed by atoms with Gasteiger partial charge >= 0.3 is 12.1 Å². The van der Waals surface area contributed by atoms with Crippen LogP contribution in [0, 0.1) is 0 Å². The zero-order chi connectivity index (χ0) is 27.4. The number of alkyl halides is 3. The fraction of sp³-hybridized carbons (Fsp3) is 0.269. The van der Waals surface area contributed by atoms with E-state index >= 15 is 0 Å². The molecular formula is C26H21BrF3N3O4S. The SMILES string of the molecule is CC(=O)Oc1c2n(ccc1=O)N([C@H]1c3ccccc3CSc3cc(Br)ccc31)CN([C@H](C)C(F)(F)F)C2=O. The molecule has 0 fully saturated rings. The fourth-order valence-corrected chi connectivity index (χ4v) is 6.35. The van der Waals surface area contributed by atoms with Gasteiger partial charge in [-0.15, -0.1) is 11.8 Å². The molecule has 2 aliphatic heterocycles. The molecule has 12 heteroatoms. The zero-order valence-electron chi connectivity index (χ0n) is 20.2. The van der Waals surface area contributed by atoms with E-state index in [-0.39, 0.29) is 0 Å². The average Bonchev–Trinajstić information content (AvgIpc) is 3.01. The standard InChI is InChI=1S/C26H21BrF3N3O4S/c1-14(26(28,29)30)31-13-33(32-10-9-20(35)24(37-15(2)34)23(32)25(31)36)22-18-6-4-3-5-16(18)12-38-21-11-17(27)7-8-19(21)22/h3-11,14,22H,12-13H2,1-2H3/t14-,22+/m1/s1. The van der Waals surface area contributed by atoms with Crippen molar-refractivity contribution < 1.29 is 27.5 Å². The Kier molecular flexibility index (Phi) is 6.80. The summed E-state index contributed by atoms with van der Waals surface area (Å²) in [5, 5.41) is 1.60. The fourth-order valence-electron chi connectivity index (χ4n) is 4.70. The van der Waals surface area contributed by atoms with Crippen LogP contribution in [0.5, 0.6) is 5.75 Å². The molecule has 0 spiro atoms. The summed E-state index contributed by atoms with van der Waals surface area (Å²) in [5.74, 6) is -1.92. The number of ether oxygens (including phenoxy) is 1. The van der Waals surface area contributed by atoms with Crippen LogP contribution in [-0.4, -0.2) is 40.3 Å². The van der Waals surface area contributed by atoms with Gasteiger partial charge in [0.05, 0.1) is 6.04 Å². The van der Waals surface area contributed by atoms with Crippen LogP contribution in [0.1, 0.15) is 47.1 Å². The van der Waals surface area contributed by atoms with Crippen molar-refractivity contribution in [3.8, 4) is 5.75 Å². The molecule has 0 saturated heterocycles. The van der Waals surface area contributed by atoms with Crippen LogP contribution in [0.2, 0.25) is 0 Å². The van der Waals surface area contributed by atoms with Gasteiger partial charge in [-0.2, -0.15) is 13.2 Å². The third kappa shape index (κ3) is 4.60. The number of nitrogens with zero attached hydrogens (tertiary/aromatic N) is 3. The van der Waals surface area contributed by atoms with Gasteiger partial charge in [0.2, 0.25) is 11.2 Å². The van der Waals surface area contributed by atoms with Crippen LogP contribution in [0.25, 0.3) is 0 Å². The van der Waals surface area contributed by atoms with Crippen molar-refractivity contribution in [3.05, 3.63) is 91.8 Å². The number of amides is 1. The first-order valence-electron chi connectivity index (χ1n) is 11.6. The van der Waals surface area contributed by atoms with E-state index in [1.807, 2.05) is 42.5 Å². The molecule has 5 rings (SSSR count). The lowest BCUT2D eigenvalue weighted by molar-refractivity contribution is -0.173. The normalized spacial score (nSPS) is 17.7. The molecule has 3 heterocycles. The Morgan fingerprint density at radius 3 is 2.58 bits per heavy atom. The first kappa shape index (κ1) is 26.4. The number of benzene rings is 2. The molecule has 0 bridgehead atoms. The van der Waals surface area contributed by atoms with Crippen molar-refractivity contribution >= 4 is 39.6 Å². The van der Waals surface area contributed by atoms with Gasteiger partial charge < -0.3 is 9.64 Å². The number of hydrogen-bond donors (Lipinski definition) is 0. The Labute approximate surface area is 228 Å². The van der Waals surface area contributed by atoms with Gasteiger partial charge in [-0.05, 0) is 35.7 Å². The Morgan fingerprint density at radius 2 is 1.87 bits per heavy atom. The largest absolute Gasteiger partial charge is 0.420 e. The predicted molar refractivity (Wildman–Crippen MR) is 139 cm³/mol. The molecule has 1 amide bonds. The highest BCUT2D eigenvalue weighted by molar-refractivity contribution is 9.10. The molecular weight excluding hydrogens is 587 g/mol. The highest BCUT2D eigenvalue weighted by Gasteiger charge is 2.48. The molecule has 3 aromatic rings. The molecule has 0 unspecified atom stereocenters. The third-order valence-corrected chi connectivity index (χ3v) is 8.17. The topological polar surface area (TPSA) is 71.8 Å². The summed E-state index contributed by atoms with van der Waals surface area (Å²) >= 11 is 5.09. The minimum Gasteiger partial charge on any atom is -0.420 e. The summed E-state index contributed by atoms with van der Waals surface area (Å²) in [5.41, 5.74) is 1.40. The van der Waals surface area contributed by atoms with E-state index in [9.17, 15) is 27.6 Å². The second-order valence-electron chi connectivity index (χ2n) is 8.94. The van der Waals surface area contributed by atoms with Crippen molar-refractivity contribution in [2.24, 2.45) is 0 Å². The van der Waals surface area contributed by atoms with Crippen molar-refractivity contribution in [2.45, 2.75) is 42.8 Å². The summed E-state index contributed by atoms with van der Waals surface area (Å²) in [6, 6.07) is 11.6. The van der Waals surface area contributed by atoms with Gasteiger partial charge in [0.25, 0.3) is 5.91 Å². The number of rotatable bonds is 3. The summed E-state index contributed by atoms with van der Waals surface area (Å²) in [7, 11) is 0. The average molecular weight is 608 g/mol. The molecule has 38 heavy (non-hydrogen) atoms. The minimum absolute atomic E-state index is 0.436. The highest BCUT2D eigenvalue weighted by atomic mass is 79.9. The van der Waals surface area contributed by atoms with Crippen LogP contribution in [0.4, 0.5) is 13.2 Å². The number of esters is 1. The zero-order valence-corrected chi connectivity index (χ0v) is 22.6. The Morgan fingerprint density at radius 1 is 1.13 bits per heavy atom. The molecule has 7 nitrogen and oxygen atoms in total. The Balaban J connectivity index is 1.80. The Hall–Kier alpha value is -3.25. The lowest BCUT2D eigenvalue weighted by Crippen LogP contribution is -2.60. The molecule has 2 atom stereocenters. The van der Waals surface area contributed by atoms with Crippen LogP contribution >= 0.6 is 27.7 Å². The second-order valence-corrected chi connectivity index (χ2v) is 10.9. The van der Waals surface area contributed by atoms with E-state index in [2.05, 4.69) is 15.9 Å². The number of carbonyl (C=O) groups excluding carboxylic acids is 2. The van der Waals surface area contributed by atoms with Crippen molar-refractivity contribution in [2.75, 3.05) is 11.7 Å².